The molecule has 32 heavy (non-hydrogen) atoms. The number of hydrogen-bond acceptors (Lipinski definition) is 7. The molecular weight excluding hydrogens is 412 g/mol. The number of pyridine rings is 1. The van der Waals surface area contributed by atoms with Gasteiger partial charge < -0.3 is 14.8 Å². The van der Waals surface area contributed by atoms with Gasteiger partial charge in [-0.1, -0.05) is 6.07 Å². The lowest BCUT2D eigenvalue weighted by Gasteiger charge is -2.17. The molecule has 1 saturated heterocycles. The van der Waals surface area contributed by atoms with Crippen molar-refractivity contribution in [3.05, 3.63) is 66.1 Å². The van der Waals surface area contributed by atoms with Gasteiger partial charge in [-0.05, 0) is 54.0 Å². The van der Waals surface area contributed by atoms with Crippen LogP contribution >= 0.6 is 0 Å². The van der Waals surface area contributed by atoms with E-state index in [1.807, 2.05) is 24.3 Å². The van der Waals surface area contributed by atoms with Crippen molar-refractivity contribution in [2.24, 2.45) is 0 Å². The molecule has 9 nitrogen and oxygen atoms in total. The monoisotopic (exact) mass is 438 g/mol. The van der Waals surface area contributed by atoms with Crippen LogP contribution in [0.15, 0.2) is 59.4 Å². The lowest BCUT2D eigenvalue weighted by atomic mass is 10.1. The summed E-state index contributed by atoms with van der Waals surface area (Å²) in [6.07, 6.45) is 7.32. The number of nitrogens with one attached hydrogen (secondary N) is 2. The predicted molar refractivity (Wildman–Crippen MR) is 120 cm³/mol. The Morgan fingerprint density at radius 3 is 2.81 bits per heavy atom. The van der Waals surface area contributed by atoms with Crippen molar-refractivity contribution in [3.8, 4) is 0 Å². The van der Waals surface area contributed by atoms with E-state index in [9.17, 15) is 4.79 Å². The van der Waals surface area contributed by atoms with Gasteiger partial charge in [0.15, 0.2) is 0 Å². The van der Waals surface area contributed by atoms with Gasteiger partial charge in [-0.3, -0.25) is 19.7 Å². The molecule has 2 aromatic heterocycles. The fraction of sp³-hybridized carbons (Fsp3) is 0.261. The van der Waals surface area contributed by atoms with E-state index < -0.39 is 11.9 Å². The fourth-order valence-corrected chi connectivity index (χ4v) is 3.47. The van der Waals surface area contributed by atoms with Crippen molar-refractivity contribution in [1.82, 2.24) is 15.4 Å². The Hall–Kier alpha value is -3.69. The van der Waals surface area contributed by atoms with Crippen molar-refractivity contribution in [2.45, 2.75) is 25.9 Å². The van der Waals surface area contributed by atoms with Crippen LogP contribution in [0.25, 0.3) is 17.0 Å². The number of carbonyl (C=O) groups excluding carboxylic acids is 1. The van der Waals surface area contributed by atoms with Gasteiger partial charge in [0.05, 0.1) is 6.26 Å². The van der Waals surface area contributed by atoms with Gasteiger partial charge in [-0.25, -0.2) is 10.5 Å². The summed E-state index contributed by atoms with van der Waals surface area (Å²) in [4.78, 5) is 26.8. The number of aliphatic carboxylic acids is 1. The molecule has 9 heteroatoms. The van der Waals surface area contributed by atoms with Gasteiger partial charge in [-0.15, -0.1) is 0 Å². The number of aromatic nitrogens is 1. The third-order valence-corrected chi connectivity index (χ3v) is 4.87. The smallest absolute Gasteiger partial charge is 0.300 e. The first kappa shape index (κ1) is 23.0. The number of carbonyl (C=O) groups is 2. The fourth-order valence-electron chi connectivity index (χ4n) is 3.47. The van der Waals surface area contributed by atoms with E-state index in [-0.39, 0.29) is 0 Å². The first-order valence-corrected chi connectivity index (χ1v) is 10.2. The van der Waals surface area contributed by atoms with Crippen LogP contribution in [0.4, 0.5) is 5.82 Å². The minimum absolute atomic E-state index is 0.353. The van der Waals surface area contributed by atoms with Crippen LogP contribution < -0.4 is 10.8 Å². The number of nitrogens with zero attached hydrogens (tertiary/aromatic N) is 2. The summed E-state index contributed by atoms with van der Waals surface area (Å²) < 4.78 is 5.40. The highest BCUT2D eigenvalue weighted by Crippen LogP contribution is 2.21. The maximum atomic E-state index is 11.0. The molecule has 3 heterocycles. The maximum Gasteiger partial charge on any atom is 0.300 e. The van der Waals surface area contributed by atoms with Crippen LogP contribution in [0.2, 0.25) is 0 Å². The minimum Gasteiger partial charge on any atom is -0.481 e. The van der Waals surface area contributed by atoms with Crippen LogP contribution in [0.5, 0.6) is 0 Å². The normalized spacial score (nSPS) is 16.0. The first-order valence-electron chi connectivity index (χ1n) is 10.2. The maximum absolute atomic E-state index is 11.0. The van der Waals surface area contributed by atoms with Gasteiger partial charge in [-0.2, -0.15) is 0 Å². The zero-order valence-corrected chi connectivity index (χ0v) is 17.7. The van der Waals surface area contributed by atoms with Crippen LogP contribution in [-0.2, 0) is 16.1 Å². The van der Waals surface area contributed by atoms with E-state index in [4.69, 9.17) is 19.5 Å². The summed E-state index contributed by atoms with van der Waals surface area (Å²) in [5.41, 5.74) is 4.55. The molecule has 0 unspecified atom stereocenters. The molecule has 1 atom stereocenters. The molecule has 3 aromatic rings. The Labute approximate surface area is 185 Å². The molecular formula is C23H26N4O5. The number of carboxylic acids is 1. The quantitative estimate of drug-likeness (QED) is 0.263. The number of benzene rings is 1. The molecule has 4 rings (SSSR count). The van der Waals surface area contributed by atoms with Gasteiger partial charge in [0.1, 0.15) is 11.4 Å². The highest BCUT2D eigenvalue weighted by Gasteiger charge is 2.22. The van der Waals surface area contributed by atoms with E-state index in [0.717, 1.165) is 55.3 Å². The number of amides is 1. The van der Waals surface area contributed by atoms with Gasteiger partial charge in [0.2, 0.25) is 0 Å². The molecule has 1 fully saturated rings. The molecule has 0 aliphatic carbocycles. The molecule has 4 N–H and O–H groups in total. The van der Waals surface area contributed by atoms with E-state index in [1.54, 1.807) is 24.0 Å². The van der Waals surface area contributed by atoms with Crippen molar-refractivity contribution in [3.63, 3.8) is 0 Å². The van der Waals surface area contributed by atoms with E-state index >= 15 is 0 Å². The van der Waals surface area contributed by atoms with Crippen molar-refractivity contribution < 1.29 is 24.3 Å². The van der Waals surface area contributed by atoms with Crippen molar-refractivity contribution in [1.29, 1.82) is 0 Å². The Bertz CT molecular complexity index is 1070. The summed E-state index contributed by atoms with van der Waals surface area (Å²) in [6.45, 7) is 4.00. The van der Waals surface area contributed by atoms with Crippen LogP contribution in [0.1, 0.15) is 24.5 Å². The number of hydroxylamine groups is 1. The van der Waals surface area contributed by atoms with E-state index in [0.29, 0.717) is 6.04 Å². The number of carboxylic acid groups (broad SMARTS) is 1. The second-order valence-corrected chi connectivity index (χ2v) is 7.46. The van der Waals surface area contributed by atoms with Gasteiger partial charge in [0.25, 0.3) is 11.9 Å². The van der Waals surface area contributed by atoms with E-state index in [2.05, 4.69) is 27.3 Å². The lowest BCUT2D eigenvalue weighted by Crippen LogP contribution is -2.26. The molecule has 1 aliphatic rings. The molecule has 1 aliphatic heterocycles. The molecule has 1 amide bonds. The summed E-state index contributed by atoms with van der Waals surface area (Å²) in [5.74, 6) is -0.587. The summed E-state index contributed by atoms with van der Waals surface area (Å²) in [5, 5.41) is 20.5. The van der Waals surface area contributed by atoms with E-state index in [1.165, 1.54) is 11.6 Å². The van der Waals surface area contributed by atoms with Crippen LogP contribution in [-0.4, -0.2) is 51.2 Å². The number of hydrogen-bond donors (Lipinski definition) is 4. The minimum atomic E-state index is -0.833. The third kappa shape index (κ3) is 6.93. The average Bonchev–Trinajstić information content (AvgIpc) is 3.41. The standard InChI is InChI=1S/C21H22N4O3.C2H4O2/c26-21(24-27)6-3-15-2-5-20(22-12-15)23-18-7-9-25(14-18)13-16-1-4-19-17(11-16)8-10-28-19;1-2(3)4/h1-6,8,10-12,18,27H,7,9,13-14H2,(H,22,23)(H,24,26);1H3,(H,3,4)/t18-;/m1./s1. The summed E-state index contributed by atoms with van der Waals surface area (Å²) in [6, 6.07) is 12.5. The third-order valence-electron chi connectivity index (χ3n) is 4.87. The highest BCUT2D eigenvalue weighted by molar-refractivity contribution is 5.90. The topological polar surface area (TPSA) is 128 Å². The number of fused-ring (bicyclic) bond motifs is 1. The number of anilines is 1. The second-order valence-electron chi connectivity index (χ2n) is 7.46. The summed E-state index contributed by atoms with van der Waals surface area (Å²) >= 11 is 0. The van der Waals surface area contributed by atoms with Gasteiger partial charge in [0, 0.05) is 50.3 Å². The Kier molecular flexibility index (Phi) is 7.96. The second kappa shape index (κ2) is 11.1. The number of furan rings is 1. The Morgan fingerprint density at radius 2 is 2.09 bits per heavy atom. The zero-order chi connectivity index (χ0) is 22.9. The average molecular weight is 438 g/mol. The van der Waals surface area contributed by atoms with Gasteiger partial charge >= 0.3 is 0 Å². The SMILES string of the molecule is CC(=O)O.O=C(C=Cc1ccc(N[C@@H]2CCN(Cc3ccc4occc4c3)C2)nc1)NO. The van der Waals surface area contributed by atoms with Crippen molar-refractivity contribution in [2.75, 3.05) is 18.4 Å². The molecule has 0 spiro atoms. The summed E-state index contributed by atoms with van der Waals surface area (Å²) in [7, 11) is 0. The predicted octanol–water partition coefficient (Wildman–Crippen LogP) is 3.12. The van der Waals surface area contributed by atoms with Crippen molar-refractivity contribution >= 4 is 34.7 Å². The largest absolute Gasteiger partial charge is 0.481 e. The number of likely N-dealkylation sites (tertiary alicyclic amines) is 1. The lowest BCUT2D eigenvalue weighted by molar-refractivity contribution is -0.134. The molecule has 0 bridgehead atoms. The Balaban J connectivity index is 0.000000668. The highest BCUT2D eigenvalue weighted by atomic mass is 16.5. The molecule has 0 radical (unpaired) electrons. The van der Waals surface area contributed by atoms with Crippen LogP contribution in [0.3, 0.4) is 0 Å². The Morgan fingerprint density at radius 1 is 1.28 bits per heavy atom. The number of rotatable bonds is 6. The first-order chi connectivity index (χ1) is 15.4. The molecule has 1 aromatic carbocycles. The van der Waals surface area contributed by atoms with Crippen LogP contribution in [0, 0.1) is 0 Å². The molecule has 0 saturated carbocycles. The zero-order valence-electron chi connectivity index (χ0n) is 17.7. The molecule has 168 valence electrons.